The summed E-state index contributed by atoms with van der Waals surface area (Å²) in [4.78, 5) is 13.1. The molecule has 3 aromatic rings. The van der Waals surface area contributed by atoms with Gasteiger partial charge in [-0.2, -0.15) is 0 Å². The number of methoxy groups -OCH3 is 2. The third-order valence-electron chi connectivity index (χ3n) is 3.10. The lowest BCUT2D eigenvalue weighted by Gasteiger charge is -2.11. The number of ether oxygens (including phenoxy) is 2. The van der Waals surface area contributed by atoms with Crippen LogP contribution in [0.25, 0.3) is 22.6 Å². The predicted molar refractivity (Wildman–Crippen MR) is 74.8 cm³/mol. The molecule has 0 spiro atoms. The van der Waals surface area contributed by atoms with Crippen LogP contribution in [-0.2, 0) is 7.05 Å². The number of imidazole rings is 1. The molecule has 0 radical (unpaired) electrons. The highest BCUT2D eigenvalue weighted by Crippen LogP contribution is 2.36. The first-order valence-electron chi connectivity index (χ1n) is 6.10. The highest BCUT2D eigenvalue weighted by molar-refractivity contribution is 5.75. The van der Waals surface area contributed by atoms with Crippen molar-refractivity contribution in [3.8, 4) is 22.9 Å². The fourth-order valence-electron chi connectivity index (χ4n) is 2.11. The Labute approximate surface area is 116 Å². The van der Waals surface area contributed by atoms with E-state index in [4.69, 9.17) is 9.47 Å². The van der Waals surface area contributed by atoms with Crippen molar-refractivity contribution in [3.05, 3.63) is 30.7 Å². The van der Waals surface area contributed by atoms with Crippen molar-refractivity contribution in [3.63, 3.8) is 0 Å². The van der Waals surface area contributed by atoms with Crippen LogP contribution in [0.5, 0.6) is 11.5 Å². The molecule has 0 aliphatic heterocycles. The van der Waals surface area contributed by atoms with Crippen molar-refractivity contribution < 1.29 is 9.47 Å². The van der Waals surface area contributed by atoms with Crippen LogP contribution in [0.1, 0.15) is 0 Å². The Bertz CT molecular complexity index is 767. The van der Waals surface area contributed by atoms with Crippen molar-refractivity contribution in [2.45, 2.75) is 0 Å². The fourth-order valence-corrected chi connectivity index (χ4v) is 2.11. The number of hydrogen-bond donors (Lipinski definition) is 0. The maximum absolute atomic E-state index is 5.42. The molecule has 20 heavy (non-hydrogen) atoms. The molecule has 0 atom stereocenters. The normalized spacial score (nSPS) is 10.8. The number of benzene rings is 1. The number of fused-ring (bicyclic) bond motifs is 1. The maximum Gasteiger partial charge on any atom is 0.171 e. The van der Waals surface area contributed by atoms with Gasteiger partial charge in [-0.05, 0) is 12.1 Å². The largest absolute Gasteiger partial charge is 0.493 e. The van der Waals surface area contributed by atoms with Gasteiger partial charge in [-0.25, -0.2) is 15.0 Å². The first-order valence-corrected chi connectivity index (χ1v) is 6.10. The van der Waals surface area contributed by atoms with Gasteiger partial charge in [0.25, 0.3) is 0 Å². The molecule has 0 unspecified atom stereocenters. The van der Waals surface area contributed by atoms with E-state index in [2.05, 4.69) is 15.0 Å². The Kier molecular flexibility index (Phi) is 2.98. The number of aromatic nitrogens is 4. The van der Waals surface area contributed by atoms with Gasteiger partial charge in [-0.1, -0.05) is 6.07 Å². The van der Waals surface area contributed by atoms with Gasteiger partial charge in [0.2, 0.25) is 0 Å². The molecule has 0 N–H and O–H groups in total. The lowest BCUT2D eigenvalue weighted by atomic mass is 10.1. The smallest absolute Gasteiger partial charge is 0.171 e. The standard InChI is InChI=1S/C14H14N4O2/c1-18-8-16-10-7-15-13(17-14(10)18)9-5-4-6-11(19-2)12(9)20-3/h4-8H,1-3H3. The van der Waals surface area contributed by atoms with E-state index in [9.17, 15) is 0 Å². The van der Waals surface area contributed by atoms with E-state index in [0.717, 1.165) is 16.7 Å². The van der Waals surface area contributed by atoms with Crippen molar-refractivity contribution >= 4 is 11.2 Å². The Morgan fingerprint density at radius 1 is 1.10 bits per heavy atom. The number of nitrogens with zero attached hydrogens (tertiary/aromatic N) is 4. The molecule has 3 rings (SSSR count). The second-order valence-electron chi connectivity index (χ2n) is 4.30. The Hall–Kier alpha value is -2.63. The molecule has 0 fully saturated rings. The van der Waals surface area contributed by atoms with Crippen LogP contribution in [-0.4, -0.2) is 33.7 Å². The molecule has 0 amide bonds. The molecular weight excluding hydrogens is 256 g/mol. The highest BCUT2D eigenvalue weighted by Gasteiger charge is 2.14. The van der Waals surface area contributed by atoms with Crippen LogP contribution in [0.2, 0.25) is 0 Å². The first kappa shape index (κ1) is 12.4. The van der Waals surface area contributed by atoms with Crippen LogP contribution in [0.15, 0.2) is 30.7 Å². The molecule has 6 nitrogen and oxygen atoms in total. The Balaban J connectivity index is 2.22. The van der Waals surface area contributed by atoms with Gasteiger partial charge in [0, 0.05) is 7.05 Å². The van der Waals surface area contributed by atoms with Gasteiger partial charge < -0.3 is 14.0 Å². The zero-order valence-electron chi connectivity index (χ0n) is 11.5. The lowest BCUT2D eigenvalue weighted by molar-refractivity contribution is 0.356. The molecular formula is C14H14N4O2. The van der Waals surface area contributed by atoms with Gasteiger partial charge in [0.1, 0.15) is 5.52 Å². The van der Waals surface area contributed by atoms with E-state index < -0.39 is 0 Å². The number of hydrogen-bond acceptors (Lipinski definition) is 5. The van der Waals surface area contributed by atoms with E-state index in [-0.39, 0.29) is 0 Å². The molecule has 0 aliphatic rings. The average Bonchev–Trinajstić information content (AvgIpc) is 2.87. The van der Waals surface area contributed by atoms with Crippen LogP contribution in [0.3, 0.4) is 0 Å². The summed E-state index contributed by atoms with van der Waals surface area (Å²) in [7, 11) is 5.10. The summed E-state index contributed by atoms with van der Waals surface area (Å²) in [5.41, 5.74) is 2.33. The molecule has 102 valence electrons. The summed E-state index contributed by atoms with van der Waals surface area (Å²) in [5.74, 6) is 1.85. The minimum absolute atomic E-state index is 0.580. The van der Waals surface area contributed by atoms with Crippen LogP contribution < -0.4 is 9.47 Å². The molecule has 0 saturated carbocycles. The van der Waals surface area contributed by atoms with Crippen molar-refractivity contribution in [1.29, 1.82) is 0 Å². The van der Waals surface area contributed by atoms with Gasteiger partial charge in [0.05, 0.1) is 32.3 Å². The molecule has 0 saturated heterocycles. The number of aryl methyl sites for hydroxylation is 1. The average molecular weight is 270 g/mol. The van der Waals surface area contributed by atoms with E-state index in [1.54, 1.807) is 26.7 Å². The van der Waals surface area contributed by atoms with Gasteiger partial charge >= 0.3 is 0 Å². The lowest BCUT2D eigenvalue weighted by Crippen LogP contribution is -1.97. The van der Waals surface area contributed by atoms with Crippen molar-refractivity contribution in [1.82, 2.24) is 19.5 Å². The summed E-state index contributed by atoms with van der Waals surface area (Å²) in [6, 6.07) is 5.62. The zero-order valence-corrected chi connectivity index (χ0v) is 11.5. The molecule has 0 aliphatic carbocycles. The van der Waals surface area contributed by atoms with E-state index in [1.807, 2.05) is 29.8 Å². The molecule has 2 aromatic heterocycles. The third-order valence-corrected chi connectivity index (χ3v) is 3.10. The zero-order chi connectivity index (χ0) is 14.1. The fraction of sp³-hybridized carbons (Fsp3) is 0.214. The quantitative estimate of drug-likeness (QED) is 0.729. The number of rotatable bonds is 3. The Morgan fingerprint density at radius 3 is 2.70 bits per heavy atom. The first-order chi connectivity index (χ1) is 9.74. The minimum atomic E-state index is 0.580. The molecule has 2 heterocycles. The van der Waals surface area contributed by atoms with Gasteiger partial charge in [-0.15, -0.1) is 0 Å². The highest BCUT2D eigenvalue weighted by atomic mass is 16.5. The van der Waals surface area contributed by atoms with E-state index >= 15 is 0 Å². The summed E-state index contributed by atoms with van der Waals surface area (Å²) in [6.07, 6.45) is 3.42. The number of para-hydroxylation sites is 1. The summed E-state index contributed by atoms with van der Waals surface area (Å²) in [5, 5.41) is 0. The van der Waals surface area contributed by atoms with Crippen LogP contribution in [0, 0.1) is 0 Å². The Morgan fingerprint density at radius 2 is 1.95 bits per heavy atom. The van der Waals surface area contributed by atoms with Crippen molar-refractivity contribution in [2.24, 2.45) is 7.05 Å². The van der Waals surface area contributed by atoms with Crippen LogP contribution >= 0.6 is 0 Å². The molecule has 6 heteroatoms. The summed E-state index contributed by atoms with van der Waals surface area (Å²) >= 11 is 0. The van der Waals surface area contributed by atoms with Gasteiger partial charge in [-0.3, -0.25) is 0 Å². The topological polar surface area (TPSA) is 62.1 Å². The third kappa shape index (κ3) is 1.85. The van der Waals surface area contributed by atoms with E-state index in [1.165, 1.54) is 0 Å². The summed E-state index contributed by atoms with van der Waals surface area (Å²) in [6.45, 7) is 0. The molecule has 1 aromatic carbocycles. The maximum atomic E-state index is 5.42. The monoisotopic (exact) mass is 270 g/mol. The molecule has 0 bridgehead atoms. The second kappa shape index (κ2) is 4.80. The summed E-state index contributed by atoms with van der Waals surface area (Å²) < 4.78 is 12.6. The second-order valence-corrected chi connectivity index (χ2v) is 4.30. The minimum Gasteiger partial charge on any atom is -0.493 e. The predicted octanol–water partition coefficient (Wildman–Crippen LogP) is 2.05. The van der Waals surface area contributed by atoms with Crippen molar-refractivity contribution in [2.75, 3.05) is 14.2 Å². The van der Waals surface area contributed by atoms with Gasteiger partial charge in [0.15, 0.2) is 23.0 Å². The SMILES string of the molecule is COc1cccc(-c2ncc3ncn(C)c3n2)c1OC. The van der Waals surface area contributed by atoms with E-state index in [0.29, 0.717) is 17.3 Å². The van der Waals surface area contributed by atoms with Crippen LogP contribution in [0.4, 0.5) is 0 Å².